The van der Waals surface area contributed by atoms with Gasteiger partial charge in [0.25, 0.3) is 0 Å². The van der Waals surface area contributed by atoms with Crippen molar-refractivity contribution in [1.29, 1.82) is 0 Å². The van der Waals surface area contributed by atoms with E-state index in [1.165, 1.54) is 0 Å². The molecule has 0 aliphatic carbocycles. The van der Waals surface area contributed by atoms with Gasteiger partial charge in [0, 0.05) is 6.61 Å². The number of aromatic nitrogens is 3. The first-order chi connectivity index (χ1) is 5.83. The summed E-state index contributed by atoms with van der Waals surface area (Å²) in [6.45, 7) is 9.01. The Bertz CT molecular complexity index is 198. The van der Waals surface area contributed by atoms with Crippen molar-refractivity contribution in [3.05, 3.63) is 11.6 Å². The van der Waals surface area contributed by atoms with E-state index in [0.29, 0.717) is 13.2 Å². The van der Waals surface area contributed by atoms with E-state index in [2.05, 4.69) is 15.2 Å². The molecule has 0 unspecified atom stereocenters. The van der Waals surface area contributed by atoms with Crippen molar-refractivity contribution in [2.45, 2.75) is 34.3 Å². The molecule has 1 N–H and O–H groups in total. The van der Waals surface area contributed by atoms with Gasteiger partial charge in [-0.05, 0) is 13.8 Å². The van der Waals surface area contributed by atoms with Crippen molar-refractivity contribution in [1.82, 2.24) is 15.2 Å². The van der Waals surface area contributed by atoms with Crippen LogP contribution in [0.5, 0.6) is 0 Å². The number of H-pyrrole nitrogens is 1. The van der Waals surface area contributed by atoms with Crippen molar-refractivity contribution in [2.24, 2.45) is 0 Å². The monoisotopic (exact) mass is 171 g/mol. The standard InChI is InChI=1S/C6H11N3O.C2H6/c1-3-10-4-6-7-5(2)8-9-6;1-2/h3-4H2,1-2H3,(H,7,8,9);1-2H3. The molecule has 0 radical (unpaired) electrons. The minimum atomic E-state index is 0.501. The Morgan fingerprint density at radius 3 is 2.50 bits per heavy atom. The van der Waals surface area contributed by atoms with Gasteiger partial charge in [0.2, 0.25) is 0 Å². The maximum atomic E-state index is 5.09. The molecular weight excluding hydrogens is 154 g/mol. The van der Waals surface area contributed by atoms with E-state index in [4.69, 9.17) is 4.74 Å². The Morgan fingerprint density at radius 2 is 2.08 bits per heavy atom. The van der Waals surface area contributed by atoms with Gasteiger partial charge in [-0.2, -0.15) is 5.10 Å². The van der Waals surface area contributed by atoms with Crippen LogP contribution in [0.15, 0.2) is 0 Å². The molecule has 0 saturated carbocycles. The topological polar surface area (TPSA) is 50.8 Å². The van der Waals surface area contributed by atoms with Crippen LogP contribution in [-0.4, -0.2) is 21.8 Å². The molecule has 4 nitrogen and oxygen atoms in total. The predicted octanol–water partition coefficient (Wildman–Crippen LogP) is 1.68. The molecule has 4 heteroatoms. The van der Waals surface area contributed by atoms with Gasteiger partial charge in [-0.25, -0.2) is 4.98 Å². The van der Waals surface area contributed by atoms with Crippen molar-refractivity contribution >= 4 is 0 Å². The second-order valence-corrected chi connectivity index (χ2v) is 1.97. The zero-order valence-corrected chi connectivity index (χ0v) is 8.22. The lowest BCUT2D eigenvalue weighted by Gasteiger charge is -1.92. The predicted molar refractivity (Wildman–Crippen MR) is 47.8 cm³/mol. The summed E-state index contributed by atoms with van der Waals surface area (Å²) in [7, 11) is 0. The summed E-state index contributed by atoms with van der Waals surface area (Å²) in [4.78, 5) is 4.06. The number of ether oxygens (including phenoxy) is 1. The zero-order valence-electron chi connectivity index (χ0n) is 8.22. The molecule has 70 valence electrons. The molecule has 0 aliphatic rings. The lowest BCUT2D eigenvalue weighted by atomic mass is 10.6. The summed E-state index contributed by atoms with van der Waals surface area (Å²) < 4.78 is 5.09. The number of nitrogens with zero attached hydrogens (tertiary/aromatic N) is 2. The SMILES string of the molecule is CC.CCOCc1n[nH]c(C)n1. The van der Waals surface area contributed by atoms with Crippen molar-refractivity contribution in [3.8, 4) is 0 Å². The largest absolute Gasteiger partial charge is 0.374 e. The Labute approximate surface area is 73.4 Å². The molecule has 12 heavy (non-hydrogen) atoms. The summed E-state index contributed by atoms with van der Waals surface area (Å²) in [6.07, 6.45) is 0. The maximum Gasteiger partial charge on any atom is 0.176 e. The molecule has 0 aliphatic heterocycles. The Hall–Kier alpha value is -0.900. The van der Waals surface area contributed by atoms with E-state index in [1.54, 1.807) is 0 Å². The number of nitrogens with one attached hydrogen (secondary N) is 1. The van der Waals surface area contributed by atoms with E-state index < -0.39 is 0 Å². The average molecular weight is 171 g/mol. The molecule has 0 bridgehead atoms. The van der Waals surface area contributed by atoms with Gasteiger partial charge in [0.15, 0.2) is 5.82 Å². The van der Waals surface area contributed by atoms with Crippen LogP contribution < -0.4 is 0 Å². The van der Waals surface area contributed by atoms with E-state index in [0.717, 1.165) is 11.6 Å². The normalized spacial score (nSPS) is 9.00. The van der Waals surface area contributed by atoms with Crippen LogP contribution in [0.4, 0.5) is 0 Å². The number of hydrogen-bond acceptors (Lipinski definition) is 3. The molecular formula is C8H17N3O. The zero-order chi connectivity index (χ0) is 9.40. The first-order valence-electron chi connectivity index (χ1n) is 4.28. The minimum absolute atomic E-state index is 0.501. The Balaban J connectivity index is 0.000000561. The molecule has 0 spiro atoms. The van der Waals surface area contributed by atoms with Crippen molar-refractivity contribution in [3.63, 3.8) is 0 Å². The molecule has 0 fully saturated rings. The number of hydrogen-bond donors (Lipinski definition) is 1. The number of aromatic amines is 1. The highest BCUT2D eigenvalue weighted by atomic mass is 16.5. The Morgan fingerprint density at radius 1 is 1.42 bits per heavy atom. The summed E-state index contributed by atoms with van der Waals surface area (Å²) in [5.41, 5.74) is 0. The first kappa shape index (κ1) is 11.1. The third-order valence-electron chi connectivity index (χ3n) is 1.08. The van der Waals surface area contributed by atoms with Gasteiger partial charge in [-0.3, -0.25) is 5.10 Å². The molecule has 1 heterocycles. The fourth-order valence-electron chi connectivity index (χ4n) is 0.647. The van der Waals surface area contributed by atoms with Gasteiger partial charge in [0.1, 0.15) is 12.4 Å². The van der Waals surface area contributed by atoms with E-state index in [1.807, 2.05) is 27.7 Å². The van der Waals surface area contributed by atoms with E-state index >= 15 is 0 Å². The van der Waals surface area contributed by atoms with Gasteiger partial charge in [-0.15, -0.1) is 0 Å². The molecule has 0 aromatic carbocycles. The van der Waals surface area contributed by atoms with Crippen LogP contribution in [-0.2, 0) is 11.3 Å². The molecule has 0 atom stereocenters. The lowest BCUT2D eigenvalue weighted by Crippen LogP contribution is -1.93. The lowest BCUT2D eigenvalue weighted by molar-refractivity contribution is 0.128. The molecule has 1 aromatic rings. The maximum absolute atomic E-state index is 5.09. The second kappa shape index (κ2) is 6.79. The fourth-order valence-corrected chi connectivity index (χ4v) is 0.647. The fraction of sp³-hybridized carbons (Fsp3) is 0.750. The van der Waals surface area contributed by atoms with E-state index in [-0.39, 0.29) is 0 Å². The minimum Gasteiger partial charge on any atom is -0.374 e. The van der Waals surface area contributed by atoms with Crippen LogP contribution in [0.2, 0.25) is 0 Å². The molecule has 1 aromatic heterocycles. The quantitative estimate of drug-likeness (QED) is 0.752. The Kier molecular flexibility index (Phi) is 6.28. The smallest absolute Gasteiger partial charge is 0.176 e. The van der Waals surface area contributed by atoms with E-state index in [9.17, 15) is 0 Å². The van der Waals surface area contributed by atoms with Gasteiger partial charge in [-0.1, -0.05) is 13.8 Å². The summed E-state index contributed by atoms with van der Waals surface area (Å²) in [5, 5.41) is 6.63. The highest BCUT2D eigenvalue weighted by molar-refractivity contribution is 4.84. The van der Waals surface area contributed by atoms with Gasteiger partial charge < -0.3 is 4.74 Å². The van der Waals surface area contributed by atoms with Crippen molar-refractivity contribution < 1.29 is 4.74 Å². The average Bonchev–Trinajstić information content (AvgIpc) is 2.51. The highest BCUT2D eigenvalue weighted by Crippen LogP contribution is 1.92. The molecule has 0 saturated heterocycles. The highest BCUT2D eigenvalue weighted by Gasteiger charge is 1.96. The number of rotatable bonds is 3. The van der Waals surface area contributed by atoms with Crippen LogP contribution in [0.1, 0.15) is 32.4 Å². The molecule has 1 rings (SSSR count). The first-order valence-corrected chi connectivity index (χ1v) is 4.28. The molecule has 0 amide bonds. The van der Waals surface area contributed by atoms with Gasteiger partial charge in [0.05, 0.1) is 0 Å². The van der Waals surface area contributed by atoms with Crippen LogP contribution in [0.3, 0.4) is 0 Å². The summed E-state index contributed by atoms with van der Waals surface area (Å²) in [5.74, 6) is 1.55. The van der Waals surface area contributed by atoms with Crippen LogP contribution in [0, 0.1) is 6.92 Å². The van der Waals surface area contributed by atoms with Crippen molar-refractivity contribution in [2.75, 3.05) is 6.61 Å². The second-order valence-electron chi connectivity index (χ2n) is 1.97. The summed E-state index contributed by atoms with van der Waals surface area (Å²) in [6, 6.07) is 0. The third-order valence-corrected chi connectivity index (χ3v) is 1.08. The number of aryl methyl sites for hydroxylation is 1. The van der Waals surface area contributed by atoms with Crippen LogP contribution in [0.25, 0.3) is 0 Å². The third kappa shape index (κ3) is 4.08. The van der Waals surface area contributed by atoms with Gasteiger partial charge >= 0.3 is 0 Å². The summed E-state index contributed by atoms with van der Waals surface area (Å²) >= 11 is 0. The van der Waals surface area contributed by atoms with Crippen LogP contribution >= 0.6 is 0 Å².